The first kappa shape index (κ1) is 13.8. The van der Waals surface area contributed by atoms with Crippen LogP contribution in [0, 0.1) is 11.3 Å². The topological polar surface area (TPSA) is 82.3 Å². The molecule has 1 saturated carbocycles. The van der Waals surface area contributed by atoms with E-state index in [-0.39, 0.29) is 0 Å². The molecule has 0 spiro atoms. The number of carbonyl (C=O) groups is 1. The summed E-state index contributed by atoms with van der Waals surface area (Å²) in [5.74, 6) is 0. The van der Waals surface area contributed by atoms with Crippen molar-refractivity contribution in [1.82, 2.24) is 5.32 Å². The van der Waals surface area contributed by atoms with E-state index < -0.39 is 23.3 Å². The molecule has 0 radical (unpaired) electrons. The molecule has 0 aliphatic heterocycles. The fourth-order valence-electron chi connectivity index (χ4n) is 1.93. The van der Waals surface area contributed by atoms with Gasteiger partial charge < -0.3 is 15.2 Å². The summed E-state index contributed by atoms with van der Waals surface area (Å²) in [6.45, 7) is 5.30. The predicted octanol–water partition coefficient (Wildman–Crippen LogP) is 1.71. The minimum Gasteiger partial charge on any atom is -0.444 e. The van der Waals surface area contributed by atoms with Crippen molar-refractivity contribution in [2.24, 2.45) is 0 Å². The number of nitrogens with one attached hydrogen (secondary N) is 1. The Morgan fingerprint density at radius 1 is 1.53 bits per heavy atom. The van der Waals surface area contributed by atoms with Crippen LogP contribution in [0.25, 0.3) is 0 Å². The van der Waals surface area contributed by atoms with Gasteiger partial charge in [0, 0.05) is 0 Å². The van der Waals surface area contributed by atoms with Crippen LogP contribution in [0.4, 0.5) is 4.79 Å². The summed E-state index contributed by atoms with van der Waals surface area (Å²) < 4.78 is 5.11. The van der Waals surface area contributed by atoms with Crippen LogP contribution in [0.15, 0.2) is 0 Å². The number of ether oxygens (including phenoxy) is 1. The quantitative estimate of drug-likeness (QED) is 0.683. The zero-order chi connectivity index (χ0) is 13.1. The van der Waals surface area contributed by atoms with Gasteiger partial charge in [0.05, 0.1) is 12.1 Å². The minimum atomic E-state index is -1.46. The lowest BCUT2D eigenvalue weighted by molar-refractivity contribution is 0.00854. The summed E-state index contributed by atoms with van der Waals surface area (Å²) in [6, 6.07) is 1.34. The molecule has 0 aromatic rings. The molecular formula is C12H20N2O3. The molecule has 0 saturated heterocycles. The lowest BCUT2D eigenvalue weighted by atomic mass is 9.81. The van der Waals surface area contributed by atoms with Crippen molar-refractivity contribution in [1.29, 1.82) is 5.26 Å². The standard InChI is InChI=1S/C12H20N2O3/c1-11(2,3)17-10(15)14-9-6-4-5-7-12(9,16)8-13/h9,16H,4-7H2,1-3H3,(H,14,15)/t9-,12-/m0/s1. The van der Waals surface area contributed by atoms with Crippen molar-refractivity contribution in [2.45, 2.75) is 63.7 Å². The number of aliphatic hydroxyl groups is 1. The number of alkyl carbamates (subject to hydrolysis) is 1. The van der Waals surface area contributed by atoms with Gasteiger partial charge in [0.15, 0.2) is 5.60 Å². The van der Waals surface area contributed by atoms with E-state index in [2.05, 4.69) is 5.32 Å². The van der Waals surface area contributed by atoms with E-state index in [0.717, 1.165) is 12.8 Å². The van der Waals surface area contributed by atoms with E-state index in [1.54, 1.807) is 20.8 Å². The Labute approximate surface area is 102 Å². The molecule has 0 heterocycles. The first-order valence-corrected chi connectivity index (χ1v) is 5.90. The van der Waals surface area contributed by atoms with Crippen LogP contribution in [0.5, 0.6) is 0 Å². The fourth-order valence-corrected chi connectivity index (χ4v) is 1.93. The molecule has 96 valence electrons. The smallest absolute Gasteiger partial charge is 0.408 e. The number of hydrogen-bond acceptors (Lipinski definition) is 4. The van der Waals surface area contributed by atoms with Gasteiger partial charge in [-0.15, -0.1) is 0 Å². The molecule has 0 bridgehead atoms. The Bertz CT molecular complexity index is 330. The number of nitrogens with zero attached hydrogens (tertiary/aromatic N) is 1. The Hall–Kier alpha value is -1.28. The number of rotatable bonds is 1. The third kappa shape index (κ3) is 3.90. The summed E-state index contributed by atoms with van der Waals surface area (Å²) in [6.07, 6.45) is 2.10. The second-order valence-corrected chi connectivity index (χ2v) is 5.48. The first-order chi connectivity index (χ1) is 7.77. The molecule has 1 fully saturated rings. The molecule has 1 aliphatic rings. The van der Waals surface area contributed by atoms with Gasteiger partial charge in [-0.05, 0) is 40.0 Å². The average molecular weight is 240 g/mol. The number of hydrogen-bond donors (Lipinski definition) is 2. The summed E-state index contributed by atoms with van der Waals surface area (Å²) >= 11 is 0. The van der Waals surface area contributed by atoms with E-state index in [1.807, 2.05) is 6.07 Å². The molecule has 5 heteroatoms. The summed E-state index contributed by atoms with van der Waals surface area (Å²) in [7, 11) is 0. The zero-order valence-corrected chi connectivity index (χ0v) is 10.6. The largest absolute Gasteiger partial charge is 0.444 e. The normalized spacial score (nSPS) is 29.2. The Kier molecular flexibility index (Phi) is 3.99. The maximum atomic E-state index is 11.6. The van der Waals surface area contributed by atoms with Crippen LogP contribution in [-0.4, -0.2) is 28.4 Å². The molecule has 2 N–H and O–H groups in total. The third-order valence-electron chi connectivity index (χ3n) is 2.76. The molecule has 1 amide bonds. The van der Waals surface area contributed by atoms with Gasteiger partial charge in [0.1, 0.15) is 5.60 Å². The van der Waals surface area contributed by atoms with Crippen molar-refractivity contribution in [2.75, 3.05) is 0 Å². The van der Waals surface area contributed by atoms with Crippen molar-refractivity contribution >= 4 is 6.09 Å². The van der Waals surface area contributed by atoms with E-state index >= 15 is 0 Å². The maximum absolute atomic E-state index is 11.6. The molecule has 1 aliphatic carbocycles. The van der Waals surface area contributed by atoms with Crippen LogP contribution in [0.3, 0.4) is 0 Å². The second kappa shape index (κ2) is 4.92. The van der Waals surface area contributed by atoms with Crippen molar-refractivity contribution in [3.8, 4) is 6.07 Å². The van der Waals surface area contributed by atoms with Crippen LogP contribution >= 0.6 is 0 Å². The molecule has 0 unspecified atom stereocenters. The summed E-state index contributed by atoms with van der Waals surface area (Å²) in [4.78, 5) is 11.6. The van der Waals surface area contributed by atoms with Crippen molar-refractivity contribution in [3.05, 3.63) is 0 Å². The second-order valence-electron chi connectivity index (χ2n) is 5.48. The molecular weight excluding hydrogens is 220 g/mol. The Morgan fingerprint density at radius 3 is 2.71 bits per heavy atom. The Balaban J connectivity index is 2.61. The van der Waals surface area contributed by atoms with Crippen molar-refractivity contribution in [3.63, 3.8) is 0 Å². The van der Waals surface area contributed by atoms with E-state index in [4.69, 9.17) is 10.00 Å². The van der Waals surface area contributed by atoms with Gasteiger partial charge in [-0.3, -0.25) is 0 Å². The first-order valence-electron chi connectivity index (χ1n) is 5.90. The minimum absolute atomic E-state index is 0.393. The van der Waals surface area contributed by atoms with E-state index in [0.29, 0.717) is 12.8 Å². The SMILES string of the molecule is CC(C)(C)OC(=O)N[C@H]1CCCC[C@]1(O)C#N. The van der Waals surface area contributed by atoms with E-state index in [1.165, 1.54) is 0 Å². The molecule has 0 aromatic carbocycles. The molecule has 2 atom stereocenters. The highest BCUT2D eigenvalue weighted by atomic mass is 16.6. The van der Waals surface area contributed by atoms with Gasteiger partial charge in [0.25, 0.3) is 0 Å². The summed E-state index contributed by atoms with van der Waals surface area (Å²) in [5, 5.41) is 21.6. The maximum Gasteiger partial charge on any atom is 0.408 e. The average Bonchev–Trinajstić information content (AvgIpc) is 2.19. The van der Waals surface area contributed by atoms with Gasteiger partial charge in [0.2, 0.25) is 0 Å². The van der Waals surface area contributed by atoms with Gasteiger partial charge >= 0.3 is 6.09 Å². The van der Waals surface area contributed by atoms with Crippen LogP contribution < -0.4 is 5.32 Å². The lowest BCUT2D eigenvalue weighted by Crippen LogP contribution is -2.54. The van der Waals surface area contributed by atoms with Gasteiger partial charge in [-0.2, -0.15) is 5.26 Å². The summed E-state index contributed by atoms with van der Waals surface area (Å²) in [5.41, 5.74) is -2.04. The molecule has 5 nitrogen and oxygen atoms in total. The molecule has 1 rings (SSSR count). The number of amides is 1. The van der Waals surface area contributed by atoms with Gasteiger partial charge in [-0.1, -0.05) is 6.42 Å². The lowest BCUT2D eigenvalue weighted by Gasteiger charge is -2.35. The highest BCUT2D eigenvalue weighted by Gasteiger charge is 2.40. The monoisotopic (exact) mass is 240 g/mol. The highest BCUT2D eigenvalue weighted by Crippen LogP contribution is 2.28. The van der Waals surface area contributed by atoms with E-state index in [9.17, 15) is 9.90 Å². The van der Waals surface area contributed by atoms with Crippen LogP contribution in [-0.2, 0) is 4.74 Å². The van der Waals surface area contributed by atoms with Crippen LogP contribution in [0.2, 0.25) is 0 Å². The molecule has 17 heavy (non-hydrogen) atoms. The highest BCUT2D eigenvalue weighted by molar-refractivity contribution is 5.68. The van der Waals surface area contributed by atoms with Crippen LogP contribution in [0.1, 0.15) is 46.5 Å². The number of nitriles is 1. The van der Waals surface area contributed by atoms with Gasteiger partial charge in [-0.25, -0.2) is 4.79 Å². The molecule has 0 aromatic heterocycles. The number of carbonyl (C=O) groups excluding carboxylic acids is 1. The third-order valence-corrected chi connectivity index (χ3v) is 2.76. The van der Waals surface area contributed by atoms with Crippen molar-refractivity contribution < 1.29 is 14.6 Å². The Morgan fingerprint density at radius 2 is 2.18 bits per heavy atom. The predicted molar refractivity (Wildman–Crippen MR) is 62.2 cm³/mol. The fraction of sp³-hybridized carbons (Fsp3) is 0.833. The zero-order valence-electron chi connectivity index (χ0n) is 10.6.